The number of nitro groups is 1. The highest BCUT2D eigenvalue weighted by Gasteiger charge is 2.17. The first kappa shape index (κ1) is 19.6. The maximum Gasteiger partial charge on any atom is 0.269 e. The Balaban J connectivity index is 1.48. The second-order valence-corrected chi connectivity index (χ2v) is 7.36. The molecule has 154 valence electrons. The number of aryl methyl sites for hydroxylation is 1. The molecule has 0 radical (unpaired) electrons. The zero-order valence-corrected chi connectivity index (χ0v) is 16.6. The van der Waals surface area contributed by atoms with Crippen LogP contribution >= 0.6 is 0 Å². The summed E-state index contributed by atoms with van der Waals surface area (Å²) in [5.41, 5.74) is 1.82. The Morgan fingerprint density at radius 2 is 1.80 bits per heavy atom. The molecule has 0 spiro atoms. The maximum absolute atomic E-state index is 12.7. The number of carbonyl (C=O) groups is 1. The lowest BCUT2D eigenvalue weighted by atomic mass is 10.2. The van der Waals surface area contributed by atoms with Crippen LogP contribution in [-0.2, 0) is 0 Å². The number of aromatic nitrogens is 2. The predicted molar refractivity (Wildman–Crippen MR) is 112 cm³/mol. The summed E-state index contributed by atoms with van der Waals surface area (Å²) in [6, 6.07) is 14.8. The fourth-order valence-corrected chi connectivity index (χ4v) is 3.57. The van der Waals surface area contributed by atoms with Gasteiger partial charge in [-0.15, -0.1) is 0 Å². The van der Waals surface area contributed by atoms with Gasteiger partial charge in [-0.05, 0) is 69.0 Å². The molecule has 8 nitrogen and oxygen atoms in total. The van der Waals surface area contributed by atoms with E-state index in [4.69, 9.17) is 4.74 Å². The number of benzene rings is 2. The molecule has 0 unspecified atom stereocenters. The summed E-state index contributed by atoms with van der Waals surface area (Å²) in [7, 11) is 0. The molecule has 0 atom stereocenters. The van der Waals surface area contributed by atoms with E-state index in [1.54, 1.807) is 35.0 Å². The number of amides is 1. The Kier molecular flexibility index (Phi) is 5.47. The highest BCUT2D eigenvalue weighted by molar-refractivity contribution is 6.04. The van der Waals surface area contributed by atoms with Crippen LogP contribution in [0, 0.1) is 17.0 Å². The minimum absolute atomic E-state index is 0.00636. The molecule has 1 aliphatic carbocycles. The van der Waals surface area contributed by atoms with Gasteiger partial charge in [0.15, 0.2) is 0 Å². The molecular formula is C22H22N4O4. The third kappa shape index (κ3) is 4.32. The summed E-state index contributed by atoms with van der Waals surface area (Å²) in [5.74, 6) is 0.980. The van der Waals surface area contributed by atoms with E-state index in [2.05, 4.69) is 10.4 Å². The number of carbonyl (C=O) groups excluding carboxylic acids is 1. The Bertz CT molecular complexity index is 1050. The second-order valence-electron chi connectivity index (χ2n) is 7.36. The number of non-ortho nitro benzene ring substituents is 1. The first-order chi connectivity index (χ1) is 14.5. The van der Waals surface area contributed by atoms with Crippen molar-refractivity contribution in [2.24, 2.45) is 0 Å². The van der Waals surface area contributed by atoms with Crippen LogP contribution in [0.4, 0.5) is 11.5 Å². The van der Waals surface area contributed by atoms with Crippen LogP contribution in [0.3, 0.4) is 0 Å². The number of rotatable bonds is 6. The summed E-state index contributed by atoms with van der Waals surface area (Å²) >= 11 is 0. The third-order valence-corrected chi connectivity index (χ3v) is 5.10. The second kappa shape index (κ2) is 8.36. The van der Waals surface area contributed by atoms with Crippen LogP contribution in [0.2, 0.25) is 0 Å². The van der Waals surface area contributed by atoms with E-state index in [1.165, 1.54) is 25.0 Å². The average molecular weight is 406 g/mol. The molecule has 0 saturated heterocycles. The van der Waals surface area contributed by atoms with E-state index in [0.717, 1.165) is 18.6 Å². The van der Waals surface area contributed by atoms with Gasteiger partial charge in [-0.2, -0.15) is 5.10 Å². The highest BCUT2D eigenvalue weighted by Crippen LogP contribution is 2.25. The molecule has 1 fully saturated rings. The maximum atomic E-state index is 12.7. The van der Waals surface area contributed by atoms with Crippen molar-refractivity contribution >= 4 is 17.4 Å². The summed E-state index contributed by atoms with van der Waals surface area (Å²) < 4.78 is 7.49. The minimum Gasteiger partial charge on any atom is -0.490 e. The molecular weight excluding hydrogens is 384 g/mol. The summed E-state index contributed by atoms with van der Waals surface area (Å²) in [4.78, 5) is 23.1. The van der Waals surface area contributed by atoms with Crippen molar-refractivity contribution in [3.8, 4) is 11.4 Å². The van der Waals surface area contributed by atoms with Crippen molar-refractivity contribution in [1.29, 1.82) is 0 Å². The SMILES string of the molecule is Cc1cc(NC(=O)c2ccc(OC3CCCC3)cc2)n(-c2ccc([N+](=O)[O-])cc2)n1. The summed E-state index contributed by atoms with van der Waals surface area (Å²) in [6.07, 6.45) is 4.83. The molecule has 4 rings (SSSR count). The van der Waals surface area contributed by atoms with Gasteiger partial charge in [0.25, 0.3) is 11.6 Å². The van der Waals surface area contributed by atoms with E-state index < -0.39 is 4.92 Å². The molecule has 1 heterocycles. The van der Waals surface area contributed by atoms with Gasteiger partial charge in [-0.1, -0.05) is 0 Å². The number of hydrogen-bond acceptors (Lipinski definition) is 5. The van der Waals surface area contributed by atoms with Crippen molar-refractivity contribution in [1.82, 2.24) is 9.78 Å². The number of nitrogens with one attached hydrogen (secondary N) is 1. The lowest BCUT2D eigenvalue weighted by Gasteiger charge is -2.13. The first-order valence-electron chi connectivity index (χ1n) is 9.89. The Morgan fingerprint density at radius 3 is 2.43 bits per heavy atom. The fourth-order valence-electron chi connectivity index (χ4n) is 3.57. The van der Waals surface area contributed by atoms with Crippen molar-refractivity contribution in [2.75, 3.05) is 5.32 Å². The average Bonchev–Trinajstić information content (AvgIpc) is 3.38. The van der Waals surface area contributed by atoms with Crippen molar-refractivity contribution in [3.63, 3.8) is 0 Å². The van der Waals surface area contributed by atoms with E-state index in [1.807, 2.05) is 19.1 Å². The number of anilines is 1. The first-order valence-corrected chi connectivity index (χ1v) is 9.89. The van der Waals surface area contributed by atoms with Crippen LogP contribution in [-0.4, -0.2) is 26.7 Å². The Hall–Kier alpha value is -3.68. The topological polar surface area (TPSA) is 99.3 Å². The highest BCUT2D eigenvalue weighted by atomic mass is 16.6. The largest absolute Gasteiger partial charge is 0.490 e. The number of nitro benzene ring substituents is 1. The molecule has 1 N–H and O–H groups in total. The Morgan fingerprint density at radius 1 is 1.13 bits per heavy atom. The van der Waals surface area contributed by atoms with Gasteiger partial charge in [-0.25, -0.2) is 4.68 Å². The lowest BCUT2D eigenvalue weighted by Crippen LogP contribution is -2.15. The van der Waals surface area contributed by atoms with Crippen molar-refractivity contribution < 1.29 is 14.5 Å². The molecule has 0 bridgehead atoms. The van der Waals surface area contributed by atoms with Gasteiger partial charge in [0, 0.05) is 23.8 Å². The smallest absolute Gasteiger partial charge is 0.269 e. The van der Waals surface area contributed by atoms with Gasteiger partial charge in [-0.3, -0.25) is 14.9 Å². The van der Waals surface area contributed by atoms with Crippen LogP contribution in [0.25, 0.3) is 5.69 Å². The van der Waals surface area contributed by atoms with Gasteiger partial charge in [0.2, 0.25) is 0 Å². The number of hydrogen-bond donors (Lipinski definition) is 1. The van der Waals surface area contributed by atoms with Crippen LogP contribution in [0.5, 0.6) is 5.75 Å². The van der Waals surface area contributed by atoms with Crippen LogP contribution in [0.15, 0.2) is 54.6 Å². The normalized spacial score (nSPS) is 13.9. The van der Waals surface area contributed by atoms with Gasteiger partial charge in [0.1, 0.15) is 11.6 Å². The summed E-state index contributed by atoms with van der Waals surface area (Å²) in [5, 5.41) is 18.1. The predicted octanol–water partition coefficient (Wildman–Crippen LogP) is 4.66. The molecule has 1 aliphatic rings. The zero-order valence-electron chi connectivity index (χ0n) is 16.6. The van der Waals surface area contributed by atoms with Crippen LogP contribution in [0.1, 0.15) is 41.7 Å². The lowest BCUT2D eigenvalue weighted by molar-refractivity contribution is -0.384. The van der Waals surface area contributed by atoms with Gasteiger partial charge < -0.3 is 10.1 Å². The number of ether oxygens (including phenoxy) is 1. The van der Waals surface area contributed by atoms with Crippen molar-refractivity contribution in [2.45, 2.75) is 38.7 Å². The summed E-state index contributed by atoms with van der Waals surface area (Å²) in [6.45, 7) is 1.81. The zero-order chi connectivity index (χ0) is 21.1. The quantitative estimate of drug-likeness (QED) is 0.474. The van der Waals surface area contributed by atoms with Gasteiger partial charge >= 0.3 is 0 Å². The molecule has 0 aliphatic heterocycles. The molecule has 1 amide bonds. The molecule has 8 heteroatoms. The molecule has 3 aromatic rings. The Labute approximate surface area is 173 Å². The van der Waals surface area contributed by atoms with E-state index >= 15 is 0 Å². The minimum atomic E-state index is -0.457. The molecule has 1 aromatic heterocycles. The van der Waals surface area contributed by atoms with Crippen molar-refractivity contribution in [3.05, 3.63) is 76.0 Å². The molecule has 30 heavy (non-hydrogen) atoms. The standard InChI is InChI=1S/C22H22N4O4/c1-15-14-21(25(24-15)17-8-10-18(11-9-17)26(28)29)23-22(27)16-6-12-20(13-7-16)30-19-4-2-3-5-19/h6-14,19H,2-5H2,1H3,(H,23,27). The molecule has 2 aromatic carbocycles. The van der Waals surface area contributed by atoms with Gasteiger partial charge in [0.05, 0.1) is 22.4 Å². The van der Waals surface area contributed by atoms with E-state index in [0.29, 0.717) is 22.8 Å². The fraction of sp³-hybridized carbons (Fsp3) is 0.273. The third-order valence-electron chi connectivity index (χ3n) is 5.10. The van der Waals surface area contributed by atoms with E-state index in [-0.39, 0.29) is 17.7 Å². The van der Waals surface area contributed by atoms with E-state index in [9.17, 15) is 14.9 Å². The monoisotopic (exact) mass is 406 g/mol. The van der Waals surface area contributed by atoms with Crippen LogP contribution < -0.4 is 10.1 Å². The number of nitrogens with zero attached hydrogens (tertiary/aromatic N) is 3. The molecule has 1 saturated carbocycles.